The smallest absolute Gasteiger partial charge is 0.305 e. The first-order chi connectivity index (χ1) is 8.91. The second kappa shape index (κ2) is 6.89. The van der Waals surface area contributed by atoms with Crippen LogP contribution in [0.4, 0.5) is 0 Å². The Kier molecular flexibility index (Phi) is 5.79. The van der Waals surface area contributed by atoms with Gasteiger partial charge in [-0.05, 0) is 26.8 Å². The first kappa shape index (κ1) is 16.0. The van der Waals surface area contributed by atoms with Gasteiger partial charge in [-0.15, -0.1) is 0 Å². The monoisotopic (exact) mass is 270 g/mol. The molecule has 1 fully saturated rings. The Morgan fingerprint density at radius 3 is 2.21 bits per heavy atom. The maximum atomic E-state index is 12.0. The fourth-order valence-electron chi connectivity index (χ4n) is 2.85. The average Bonchev–Trinajstić information content (AvgIpc) is 2.37. The first-order valence-electron chi connectivity index (χ1n) is 7.08. The van der Waals surface area contributed by atoms with E-state index in [1.165, 1.54) is 0 Å². The molecule has 0 aliphatic heterocycles. The van der Waals surface area contributed by atoms with Crippen molar-refractivity contribution in [1.82, 2.24) is 9.80 Å². The van der Waals surface area contributed by atoms with Crippen LogP contribution in [-0.2, 0) is 9.59 Å². The minimum atomic E-state index is -0.773. The number of aliphatic carboxylic acids is 1. The minimum absolute atomic E-state index is 0.0559. The molecule has 1 aliphatic carbocycles. The van der Waals surface area contributed by atoms with Gasteiger partial charge in [0.1, 0.15) is 0 Å². The summed E-state index contributed by atoms with van der Waals surface area (Å²) < 4.78 is 0. The Morgan fingerprint density at radius 2 is 1.74 bits per heavy atom. The van der Waals surface area contributed by atoms with Gasteiger partial charge >= 0.3 is 5.97 Å². The van der Waals surface area contributed by atoms with E-state index < -0.39 is 5.97 Å². The van der Waals surface area contributed by atoms with Crippen LogP contribution in [-0.4, -0.2) is 59.5 Å². The fraction of sp³-hybridized carbons (Fsp3) is 0.857. The van der Waals surface area contributed by atoms with Crippen LogP contribution >= 0.6 is 0 Å². The average molecular weight is 270 g/mol. The highest BCUT2D eigenvalue weighted by atomic mass is 16.4. The molecule has 0 saturated heterocycles. The summed E-state index contributed by atoms with van der Waals surface area (Å²) in [6, 6.07) is 0. The van der Waals surface area contributed by atoms with Gasteiger partial charge in [0.05, 0.1) is 13.0 Å². The van der Waals surface area contributed by atoms with Gasteiger partial charge in [-0.25, -0.2) is 0 Å². The highest BCUT2D eigenvalue weighted by molar-refractivity contribution is 5.78. The van der Waals surface area contributed by atoms with Crippen LogP contribution in [0.5, 0.6) is 0 Å². The second-order valence-corrected chi connectivity index (χ2v) is 5.62. The van der Waals surface area contributed by atoms with Crippen molar-refractivity contribution in [3.05, 3.63) is 0 Å². The van der Waals surface area contributed by atoms with E-state index in [1.807, 2.05) is 18.9 Å². The molecule has 110 valence electrons. The lowest BCUT2D eigenvalue weighted by Gasteiger charge is -2.44. The summed E-state index contributed by atoms with van der Waals surface area (Å²) >= 11 is 0. The van der Waals surface area contributed by atoms with Gasteiger partial charge in [0, 0.05) is 19.1 Å². The van der Waals surface area contributed by atoms with E-state index in [0.29, 0.717) is 13.1 Å². The van der Waals surface area contributed by atoms with Crippen molar-refractivity contribution in [3.63, 3.8) is 0 Å². The van der Waals surface area contributed by atoms with Gasteiger partial charge in [0.25, 0.3) is 0 Å². The molecule has 0 heterocycles. The molecular formula is C14H26N2O3. The van der Waals surface area contributed by atoms with Crippen LogP contribution in [0, 0.1) is 0 Å². The normalized spacial score (nSPS) is 18.3. The number of carboxylic acids is 1. The molecule has 0 unspecified atom stereocenters. The summed E-state index contributed by atoms with van der Waals surface area (Å²) in [4.78, 5) is 26.8. The number of carbonyl (C=O) groups excluding carboxylic acids is 1. The van der Waals surface area contributed by atoms with Crippen molar-refractivity contribution in [2.24, 2.45) is 0 Å². The highest BCUT2D eigenvalue weighted by Crippen LogP contribution is 2.35. The van der Waals surface area contributed by atoms with E-state index in [2.05, 4.69) is 0 Å². The van der Waals surface area contributed by atoms with Crippen molar-refractivity contribution < 1.29 is 14.7 Å². The summed E-state index contributed by atoms with van der Waals surface area (Å²) in [6.45, 7) is 2.92. The van der Waals surface area contributed by atoms with E-state index in [1.54, 1.807) is 11.9 Å². The SMILES string of the molecule is CCN(C)C(=O)CN(C)C1(CC(=O)O)CCCCC1. The summed E-state index contributed by atoms with van der Waals surface area (Å²) in [5.74, 6) is -0.717. The zero-order chi connectivity index (χ0) is 14.5. The molecule has 0 aromatic rings. The fourth-order valence-corrected chi connectivity index (χ4v) is 2.85. The van der Waals surface area contributed by atoms with Gasteiger partial charge in [0.15, 0.2) is 0 Å². The first-order valence-corrected chi connectivity index (χ1v) is 7.08. The van der Waals surface area contributed by atoms with Crippen LogP contribution in [0.3, 0.4) is 0 Å². The molecule has 0 spiro atoms. The van der Waals surface area contributed by atoms with Crippen molar-refractivity contribution in [2.75, 3.05) is 27.2 Å². The highest BCUT2D eigenvalue weighted by Gasteiger charge is 2.38. The van der Waals surface area contributed by atoms with Gasteiger partial charge in [-0.1, -0.05) is 19.3 Å². The van der Waals surface area contributed by atoms with Gasteiger partial charge < -0.3 is 10.0 Å². The molecule has 19 heavy (non-hydrogen) atoms. The Bertz CT molecular complexity index is 325. The third-order valence-corrected chi connectivity index (χ3v) is 4.35. The lowest BCUT2D eigenvalue weighted by Crippen LogP contribution is -2.52. The van der Waals surface area contributed by atoms with Crippen LogP contribution in [0.2, 0.25) is 0 Å². The summed E-state index contributed by atoms with van der Waals surface area (Å²) in [5.41, 5.74) is -0.339. The number of hydrogen-bond donors (Lipinski definition) is 1. The molecule has 1 aliphatic rings. The zero-order valence-electron chi connectivity index (χ0n) is 12.3. The number of rotatable bonds is 6. The number of nitrogens with zero attached hydrogens (tertiary/aromatic N) is 2. The van der Waals surface area contributed by atoms with Crippen LogP contribution < -0.4 is 0 Å². The van der Waals surface area contributed by atoms with E-state index in [4.69, 9.17) is 5.11 Å². The van der Waals surface area contributed by atoms with Crippen LogP contribution in [0.15, 0.2) is 0 Å². The van der Waals surface area contributed by atoms with E-state index in [0.717, 1.165) is 32.1 Å². The predicted molar refractivity (Wildman–Crippen MR) is 74.0 cm³/mol. The quantitative estimate of drug-likeness (QED) is 0.796. The molecule has 5 heteroatoms. The van der Waals surface area contributed by atoms with E-state index in [-0.39, 0.29) is 17.9 Å². The van der Waals surface area contributed by atoms with Crippen molar-refractivity contribution in [3.8, 4) is 0 Å². The molecule has 0 radical (unpaired) electrons. The number of amides is 1. The molecule has 0 aromatic heterocycles. The second-order valence-electron chi connectivity index (χ2n) is 5.62. The third kappa shape index (κ3) is 4.20. The zero-order valence-corrected chi connectivity index (χ0v) is 12.3. The number of carbonyl (C=O) groups is 2. The molecule has 0 aromatic carbocycles. The molecule has 1 amide bonds. The lowest BCUT2D eigenvalue weighted by atomic mass is 9.78. The van der Waals surface area contributed by atoms with Crippen molar-refractivity contribution >= 4 is 11.9 Å². The number of carboxylic acid groups (broad SMARTS) is 1. The molecule has 1 N–H and O–H groups in total. The number of hydrogen-bond acceptors (Lipinski definition) is 3. The standard InChI is InChI=1S/C14H26N2O3/c1-4-15(2)12(17)11-16(3)14(10-13(18)19)8-6-5-7-9-14/h4-11H2,1-3H3,(H,18,19). The largest absolute Gasteiger partial charge is 0.481 e. The Balaban J connectivity index is 2.74. The topological polar surface area (TPSA) is 60.9 Å². The van der Waals surface area contributed by atoms with Crippen LogP contribution in [0.25, 0.3) is 0 Å². The molecule has 1 saturated carbocycles. The van der Waals surface area contributed by atoms with Gasteiger partial charge in [-0.3, -0.25) is 14.5 Å². The Hall–Kier alpha value is -1.10. The van der Waals surface area contributed by atoms with Gasteiger partial charge in [0.2, 0.25) is 5.91 Å². The molecule has 1 rings (SSSR count). The van der Waals surface area contributed by atoms with Crippen LogP contribution in [0.1, 0.15) is 45.4 Å². The Morgan fingerprint density at radius 1 is 1.16 bits per heavy atom. The molecule has 0 atom stereocenters. The summed E-state index contributed by atoms with van der Waals surface area (Å²) in [5, 5.41) is 9.15. The molecule has 0 bridgehead atoms. The predicted octanol–water partition coefficient (Wildman–Crippen LogP) is 1.57. The van der Waals surface area contributed by atoms with E-state index in [9.17, 15) is 9.59 Å². The summed E-state index contributed by atoms with van der Waals surface area (Å²) in [6.07, 6.45) is 5.15. The maximum Gasteiger partial charge on any atom is 0.305 e. The van der Waals surface area contributed by atoms with Crippen molar-refractivity contribution in [1.29, 1.82) is 0 Å². The number of likely N-dealkylation sites (N-methyl/N-ethyl adjacent to an activating group) is 2. The Labute approximate surface area is 115 Å². The molecular weight excluding hydrogens is 244 g/mol. The van der Waals surface area contributed by atoms with Gasteiger partial charge in [-0.2, -0.15) is 0 Å². The lowest BCUT2D eigenvalue weighted by molar-refractivity contribution is -0.143. The molecule has 5 nitrogen and oxygen atoms in total. The maximum absolute atomic E-state index is 12.0. The van der Waals surface area contributed by atoms with E-state index >= 15 is 0 Å². The van der Waals surface area contributed by atoms with Crippen molar-refractivity contribution in [2.45, 2.75) is 51.0 Å². The minimum Gasteiger partial charge on any atom is -0.481 e. The summed E-state index contributed by atoms with van der Waals surface area (Å²) in [7, 11) is 3.66. The third-order valence-electron chi connectivity index (χ3n) is 4.35.